The highest BCUT2D eigenvalue weighted by molar-refractivity contribution is 5.95. The number of nitrogens with one attached hydrogen (secondary N) is 1. The first-order valence-electron chi connectivity index (χ1n) is 5.94. The Bertz CT molecular complexity index is 454. The largest absolute Gasteiger partial charge is 0.454 e. The smallest absolute Gasteiger partial charge is 0.251 e. The highest BCUT2D eigenvalue weighted by Gasteiger charge is 2.29. The van der Waals surface area contributed by atoms with E-state index in [-0.39, 0.29) is 18.7 Å². The molecule has 0 aromatic heterocycles. The molecule has 1 aromatic carbocycles. The van der Waals surface area contributed by atoms with Crippen LogP contribution in [0.3, 0.4) is 0 Å². The first-order chi connectivity index (χ1) is 8.24. The Morgan fingerprint density at radius 3 is 2.88 bits per heavy atom. The minimum Gasteiger partial charge on any atom is -0.454 e. The number of carbonyl (C=O) groups excluding carboxylic acids is 1. The molecule has 1 aliphatic carbocycles. The van der Waals surface area contributed by atoms with Gasteiger partial charge in [0, 0.05) is 11.6 Å². The molecule has 17 heavy (non-hydrogen) atoms. The fourth-order valence-corrected chi connectivity index (χ4v) is 2.04. The highest BCUT2D eigenvalue weighted by Crippen LogP contribution is 2.34. The van der Waals surface area contributed by atoms with Crippen molar-refractivity contribution in [2.45, 2.75) is 25.8 Å². The van der Waals surface area contributed by atoms with Gasteiger partial charge < -0.3 is 14.8 Å². The SMILES string of the molecule is C[C@@H](NC(=O)c1ccc2c(c1)OCO2)C1CC1. The van der Waals surface area contributed by atoms with E-state index in [0.717, 1.165) is 0 Å². The molecule has 1 aliphatic heterocycles. The van der Waals surface area contributed by atoms with Crippen molar-refractivity contribution in [2.75, 3.05) is 6.79 Å². The number of benzene rings is 1. The summed E-state index contributed by atoms with van der Waals surface area (Å²) in [5, 5.41) is 3.01. The number of rotatable bonds is 3. The van der Waals surface area contributed by atoms with Crippen LogP contribution in [0, 0.1) is 5.92 Å². The van der Waals surface area contributed by atoms with Gasteiger partial charge in [-0.1, -0.05) is 0 Å². The molecule has 1 fully saturated rings. The molecule has 1 heterocycles. The van der Waals surface area contributed by atoms with Crippen molar-refractivity contribution < 1.29 is 14.3 Å². The van der Waals surface area contributed by atoms with Crippen LogP contribution in [0.5, 0.6) is 11.5 Å². The summed E-state index contributed by atoms with van der Waals surface area (Å²) in [7, 11) is 0. The second kappa shape index (κ2) is 3.95. The van der Waals surface area contributed by atoms with Gasteiger partial charge in [0.25, 0.3) is 5.91 Å². The summed E-state index contributed by atoms with van der Waals surface area (Å²) in [5.41, 5.74) is 0.627. The Morgan fingerprint density at radius 1 is 1.35 bits per heavy atom. The van der Waals surface area contributed by atoms with Gasteiger partial charge in [-0.25, -0.2) is 0 Å². The van der Waals surface area contributed by atoms with Gasteiger partial charge in [0.05, 0.1) is 0 Å². The lowest BCUT2D eigenvalue weighted by molar-refractivity contribution is 0.0935. The minimum atomic E-state index is -0.0392. The Labute approximate surface area is 99.9 Å². The average molecular weight is 233 g/mol. The molecule has 1 N–H and O–H groups in total. The van der Waals surface area contributed by atoms with Crippen LogP contribution in [0.2, 0.25) is 0 Å². The van der Waals surface area contributed by atoms with Crippen molar-refractivity contribution in [2.24, 2.45) is 5.92 Å². The average Bonchev–Trinajstić information content (AvgIpc) is 3.07. The molecular formula is C13H15NO3. The molecule has 2 aliphatic rings. The molecule has 0 saturated heterocycles. The van der Waals surface area contributed by atoms with Gasteiger partial charge in [0.1, 0.15) is 0 Å². The first kappa shape index (κ1) is 10.4. The van der Waals surface area contributed by atoms with Gasteiger partial charge in [-0.05, 0) is 43.9 Å². The van der Waals surface area contributed by atoms with Crippen molar-refractivity contribution in [3.8, 4) is 11.5 Å². The maximum absolute atomic E-state index is 12.0. The van der Waals surface area contributed by atoms with Crippen molar-refractivity contribution in [1.82, 2.24) is 5.32 Å². The fourth-order valence-electron chi connectivity index (χ4n) is 2.04. The molecule has 0 bridgehead atoms. The van der Waals surface area contributed by atoms with Crippen LogP contribution in [0.25, 0.3) is 0 Å². The Kier molecular flexibility index (Phi) is 2.42. The third kappa shape index (κ3) is 2.07. The van der Waals surface area contributed by atoms with E-state index in [9.17, 15) is 4.79 Å². The zero-order valence-electron chi connectivity index (χ0n) is 9.73. The number of ether oxygens (including phenoxy) is 2. The van der Waals surface area contributed by atoms with Crippen LogP contribution in [0.4, 0.5) is 0 Å². The standard InChI is InChI=1S/C13H15NO3/c1-8(9-2-3-9)14-13(15)10-4-5-11-12(6-10)17-7-16-11/h4-6,8-9H,2-3,7H2,1H3,(H,14,15)/t8-/m1/s1. The lowest BCUT2D eigenvalue weighted by Crippen LogP contribution is -2.33. The van der Waals surface area contributed by atoms with Crippen molar-refractivity contribution >= 4 is 5.91 Å². The van der Waals surface area contributed by atoms with Crippen LogP contribution >= 0.6 is 0 Å². The summed E-state index contributed by atoms with van der Waals surface area (Å²) < 4.78 is 10.5. The van der Waals surface area contributed by atoms with Crippen LogP contribution in [-0.2, 0) is 0 Å². The second-order valence-electron chi connectivity index (χ2n) is 4.67. The number of fused-ring (bicyclic) bond motifs is 1. The van der Waals surface area contributed by atoms with E-state index in [4.69, 9.17) is 9.47 Å². The molecule has 1 amide bonds. The van der Waals surface area contributed by atoms with Gasteiger partial charge >= 0.3 is 0 Å². The van der Waals surface area contributed by atoms with Gasteiger partial charge in [-0.3, -0.25) is 4.79 Å². The first-order valence-corrected chi connectivity index (χ1v) is 5.94. The van der Waals surface area contributed by atoms with Crippen LogP contribution in [-0.4, -0.2) is 18.7 Å². The molecule has 0 spiro atoms. The van der Waals surface area contributed by atoms with E-state index in [1.807, 2.05) is 0 Å². The number of hydrogen-bond acceptors (Lipinski definition) is 3. The number of carbonyl (C=O) groups is 1. The van der Waals surface area contributed by atoms with E-state index in [1.165, 1.54) is 12.8 Å². The summed E-state index contributed by atoms with van der Waals surface area (Å²) in [6.45, 7) is 2.29. The molecule has 4 heteroatoms. The molecule has 1 aromatic rings. The Hall–Kier alpha value is -1.71. The summed E-state index contributed by atoms with van der Waals surface area (Å²) in [6.07, 6.45) is 2.45. The molecule has 90 valence electrons. The summed E-state index contributed by atoms with van der Waals surface area (Å²) in [4.78, 5) is 12.0. The van der Waals surface area contributed by atoms with Crippen molar-refractivity contribution in [3.05, 3.63) is 23.8 Å². The predicted molar refractivity (Wildman–Crippen MR) is 62.2 cm³/mol. The third-order valence-electron chi connectivity index (χ3n) is 3.32. The zero-order valence-corrected chi connectivity index (χ0v) is 9.73. The van der Waals surface area contributed by atoms with Crippen LogP contribution in [0.1, 0.15) is 30.1 Å². The highest BCUT2D eigenvalue weighted by atomic mass is 16.7. The monoisotopic (exact) mass is 233 g/mol. The molecule has 0 unspecified atom stereocenters. The van der Waals surface area contributed by atoms with E-state index in [2.05, 4.69) is 12.2 Å². The van der Waals surface area contributed by atoms with Gasteiger partial charge in [-0.15, -0.1) is 0 Å². The maximum Gasteiger partial charge on any atom is 0.251 e. The second-order valence-corrected chi connectivity index (χ2v) is 4.67. The number of amides is 1. The maximum atomic E-state index is 12.0. The Balaban J connectivity index is 1.72. The van der Waals surface area contributed by atoms with E-state index >= 15 is 0 Å². The Morgan fingerprint density at radius 2 is 2.12 bits per heavy atom. The predicted octanol–water partition coefficient (Wildman–Crippen LogP) is 1.94. The lowest BCUT2D eigenvalue weighted by Gasteiger charge is -2.12. The van der Waals surface area contributed by atoms with Gasteiger partial charge in [-0.2, -0.15) is 0 Å². The summed E-state index contributed by atoms with van der Waals surface area (Å²) in [6, 6.07) is 5.53. The normalized spacial score (nSPS) is 18.9. The molecule has 4 nitrogen and oxygen atoms in total. The molecule has 3 rings (SSSR count). The molecular weight excluding hydrogens is 218 g/mol. The summed E-state index contributed by atoms with van der Waals surface area (Å²) in [5.74, 6) is 1.98. The van der Waals surface area contributed by atoms with E-state index in [0.29, 0.717) is 23.0 Å². The van der Waals surface area contributed by atoms with Gasteiger partial charge in [0.2, 0.25) is 6.79 Å². The third-order valence-corrected chi connectivity index (χ3v) is 3.32. The van der Waals surface area contributed by atoms with Gasteiger partial charge in [0.15, 0.2) is 11.5 Å². The van der Waals surface area contributed by atoms with Crippen LogP contribution in [0.15, 0.2) is 18.2 Å². The molecule has 1 atom stereocenters. The van der Waals surface area contributed by atoms with Crippen molar-refractivity contribution in [3.63, 3.8) is 0 Å². The van der Waals surface area contributed by atoms with E-state index < -0.39 is 0 Å². The molecule has 1 saturated carbocycles. The molecule has 0 radical (unpaired) electrons. The van der Waals surface area contributed by atoms with Crippen molar-refractivity contribution in [1.29, 1.82) is 0 Å². The van der Waals surface area contributed by atoms with Crippen LogP contribution < -0.4 is 14.8 Å². The minimum absolute atomic E-state index is 0.0392. The number of hydrogen-bond donors (Lipinski definition) is 1. The quantitative estimate of drug-likeness (QED) is 0.868. The zero-order chi connectivity index (χ0) is 11.8. The fraction of sp³-hybridized carbons (Fsp3) is 0.462. The topological polar surface area (TPSA) is 47.6 Å². The summed E-state index contributed by atoms with van der Waals surface area (Å²) >= 11 is 0. The lowest BCUT2D eigenvalue weighted by atomic mass is 10.1. The van der Waals surface area contributed by atoms with E-state index in [1.54, 1.807) is 18.2 Å².